The van der Waals surface area contributed by atoms with E-state index in [1.54, 1.807) is 0 Å². The van der Waals surface area contributed by atoms with Crippen LogP contribution in [0.25, 0.3) is 83.1 Å². The molecule has 546 valence electrons. The van der Waals surface area contributed by atoms with Crippen LogP contribution < -0.4 is 67.7 Å². The molecule has 3 heterocycles. The third-order valence-electron chi connectivity index (χ3n) is 24.6. The van der Waals surface area contributed by atoms with Crippen LogP contribution >= 0.6 is 0 Å². The Balaban J connectivity index is 0.935. The van der Waals surface area contributed by atoms with Crippen molar-refractivity contribution in [2.75, 3.05) is 9.80 Å². The molecule has 3 nitrogen and oxygen atoms in total. The van der Waals surface area contributed by atoms with Crippen molar-refractivity contribution in [3.8, 4) is 61.3 Å². The van der Waals surface area contributed by atoms with Crippen LogP contribution in [0.1, 0.15) is 11.1 Å². The second-order valence-electron chi connectivity index (χ2n) is 31.1. The molecule has 0 atom stereocenters. The minimum atomic E-state index is -3.23. The van der Waals surface area contributed by atoms with Crippen LogP contribution in [0.5, 0.6) is 0 Å². The average molecular weight is 1510 g/mol. The van der Waals surface area contributed by atoms with E-state index in [4.69, 9.17) is 0 Å². The van der Waals surface area contributed by atoms with Crippen LogP contribution in [0.3, 0.4) is 0 Å². The molecule has 0 aliphatic carbocycles. The first-order chi connectivity index (χ1) is 57.4. The molecule has 19 aromatic rings. The predicted molar refractivity (Wildman–Crippen MR) is 499 cm³/mol. The van der Waals surface area contributed by atoms with Gasteiger partial charge >= 0.3 is 0 Å². The van der Waals surface area contributed by atoms with E-state index in [1.165, 1.54) is 96.4 Å². The summed E-state index contributed by atoms with van der Waals surface area (Å²) in [4.78, 5) is 5.42. The zero-order valence-electron chi connectivity index (χ0n) is 64.6. The summed E-state index contributed by atoms with van der Waals surface area (Å²) in [7, 11) is -6.46. The molecule has 0 saturated carbocycles. The summed E-state index contributed by atoms with van der Waals surface area (Å²) < 4.78 is 2.48. The highest BCUT2D eigenvalue weighted by Crippen LogP contribution is 2.50. The molecule has 116 heavy (non-hydrogen) atoms. The van der Waals surface area contributed by atoms with Crippen LogP contribution in [-0.4, -0.2) is 27.4 Å². The fourth-order valence-electron chi connectivity index (χ4n) is 19.7. The molecule has 6 heteroatoms. The minimum Gasteiger partial charge on any atom is -0.311 e. The minimum absolute atomic E-state index is 0.284. The van der Waals surface area contributed by atoms with E-state index in [2.05, 4.69) is 477 Å². The van der Waals surface area contributed by atoms with Crippen molar-refractivity contribution in [3.05, 3.63) is 460 Å². The van der Waals surface area contributed by atoms with Gasteiger partial charge in [-0.25, -0.2) is 0 Å². The highest BCUT2D eigenvalue weighted by Gasteiger charge is 2.49. The fraction of sp³-hybridized carbons (Fsp3) is 0.0182. The van der Waals surface area contributed by atoms with Gasteiger partial charge in [0.25, 0.3) is 6.71 Å². The topological polar surface area (TPSA) is 11.4 Å². The second kappa shape index (κ2) is 29.1. The summed E-state index contributed by atoms with van der Waals surface area (Å²) >= 11 is 0. The molecular formula is C110H80BN3Si2. The van der Waals surface area contributed by atoms with Gasteiger partial charge in [-0.2, -0.15) is 0 Å². The van der Waals surface area contributed by atoms with Crippen LogP contribution in [0.2, 0.25) is 0 Å². The highest BCUT2D eigenvalue weighted by atomic mass is 28.3. The van der Waals surface area contributed by atoms with Gasteiger partial charge in [0, 0.05) is 50.6 Å². The van der Waals surface area contributed by atoms with Crippen molar-refractivity contribution < 1.29 is 0 Å². The molecule has 0 radical (unpaired) electrons. The van der Waals surface area contributed by atoms with Crippen LogP contribution in [0, 0.1) is 13.8 Å². The monoisotopic (exact) mass is 1510 g/mol. The first kappa shape index (κ1) is 69.8. The Hall–Kier alpha value is -14.1. The number of para-hydroxylation sites is 2. The van der Waals surface area contributed by atoms with Gasteiger partial charge in [-0.05, 0) is 223 Å². The van der Waals surface area contributed by atoms with Crippen molar-refractivity contribution in [2.24, 2.45) is 0 Å². The molecule has 21 rings (SSSR count). The third-order valence-corrected chi connectivity index (χ3v) is 34.2. The van der Waals surface area contributed by atoms with E-state index >= 15 is 0 Å². The second-order valence-corrected chi connectivity index (χ2v) is 38.7. The molecule has 0 spiro atoms. The first-order valence-electron chi connectivity index (χ1n) is 40.4. The molecular weight excluding hydrogens is 1430 g/mol. The quantitative estimate of drug-likeness (QED) is 0.0706. The largest absolute Gasteiger partial charge is 0.311 e. The molecule has 0 bridgehead atoms. The number of benzene rings is 18. The maximum Gasteiger partial charge on any atom is 0.252 e. The predicted octanol–water partition coefficient (Wildman–Crippen LogP) is 20.6. The lowest BCUT2D eigenvalue weighted by atomic mass is 9.33. The zero-order chi connectivity index (χ0) is 77.3. The normalized spacial score (nSPS) is 12.3. The molecule has 0 unspecified atom stereocenters. The summed E-state index contributed by atoms with van der Waals surface area (Å²) in [6, 6.07) is 171. The van der Waals surface area contributed by atoms with Gasteiger partial charge in [0.2, 0.25) is 0 Å². The fourth-order valence-corrected chi connectivity index (χ4v) is 29.2. The number of rotatable bonds is 16. The average Bonchev–Trinajstić information content (AvgIpc) is 0.815. The summed E-state index contributed by atoms with van der Waals surface area (Å²) in [6.45, 7) is 4.41. The van der Waals surface area contributed by atoms with E-state index in [0.717, 1.165) is 89.9 Å². The lowest BCUT2D eigenvalue weighted by molar-refractivity contribution is 1.16. The zero-order valence-corrected chi connectivity index (χ0v) is 66.6. The van der Waals surface area contributed by atoms with Gasteiger partial charge < -0.3 is 14.4 Å². The number of aryl methyl sites for hydroxylation is 2. The lowest BCUT2D eigenvalue weighted by Gasteiger charge is -2.46. The summed E-state index contributed by atoms with van der Waals surface area (Å²) in [5.41, 5.74) is 27.7. The Morgan fingerprint density at radius 3 is 0.784 bits per heavy atom. The molecule has 1 aromatic heterocycles. The van der Waals surface area contributed by atoms with Gasteiger partial charge in [-0.1, -0.05) is 364 Å². The van der Waals surface area contributed by atoms with Crippen molar-refractivity contribution >= 4 is 137 Å². The summed E-state index contributed by atoms with van der Waals surface area (Å²) in [5.74, 6) is 0. The van der Waals surface area contributed by atoms with Crippen LogP contribution in [-0.2, 0) is 0 Å². The number of nitrogens with zero attached hydrogens (tertiary/aromatic N) is 3. The maximum absolute atomic E-state index is 3.23. The van der Waals surface area contributed by atoms with Gasteiger partial charge in [0.05, 0.1) is 11.0 Å². The van der Waals surface area contributed by atoms with E-state index in [1.807, 2.05) is 0 Å². The van der Waals surface area contributed by atoms with E-state index in [0.29, 0.717) is 0 Å². The smallest absolute Gasteiger partial charge is 0.252 e. The Bertz CT molecular complexity index is 6170. The molecule has 0 fully saturated rings. The first-order valence-corrected chi connectivity index (χ1v) is 44.4. The Kier molecular flexibility index (Phi) is 17.5. The highest BCUT2D eigenvalue weighted by molar-refractivity contribution is 7.20. The molecule has 2 aliphatic rings. The van der Waals surface area contributed by atoms with Crippen molar-refractivity contribution in [1.29, 1.82) is 0 Å². The van der Waals surface area contributed by atoms with Gasteiger partial charge in [-0.3, -0.25) is 0 Å². The number of hydrogen-bond donors (Lipinski definition) is 0. The molecule has 0 saturated heterocycles. The third kappa shape index (κ3) is 11.6. The van der Waals surface area contributed by atoms with E-state index in [-0.39, 0.29) is 6.71 Å². The number of hydrogen-bond acceptors (Lipinski definition) is 2. The van der Waals surface area contributed by atoms with Crippen molar-refractivity contribution in [2.45, 2.75) is 13.8 Å². The van der Waals surface area contributed by atoms with Crippen molar-refractivity contribution in [1.82, 2.24) is 4.57 Å². The Morgan fingerprint density at radius 2 is 0.483 bits per heavy atom. The van der Waals surface area contributed by atoms with Crippen LogP contribution in [0.4, 0.5) is 34.1 Å². The Labute approximate surface area is 681 Å². The van der Waals surface area contributed by atoms with E-state index < -0.39 is 16.1 Å². The SMILES string of the molecule is Cc1cc(-n2c3ccccc3c3ccccc32)cc(C)c1-c1cc2c3c(c1)N(c1cc(-c4ccccc4)cc(-c4ccccc4)c1)c1cc([Si](c4ccccc4)(c4ccccc4)c4ccccc4)ccc1B3c1ccc([Si](c3ccccc3)(c3ccccc3)c3ccccc3)cc1N2c1cc(-c2ccccc2)cc(-c2ccccc2)c1. The summed E-state index contributed by atoms with van der Waals surface area (Å²) in [6.07, 6.45) is 0. The maximum atomic E-state index is 2.71. The molecule has 0 N–H and O–H groups in total. The van der Waals surface area contributed by atoms with Crippen molar-refractivity contribution in [3.63, 3.8) is 0 Å². The molecule has 0 amide bonds. The van der Waals surface area contributed by atoms with Gasteiger partial charge in [0.15, 0.2) is 16.1 Å². The summed E-state index contributed by atoms with van der Waals surface area (Å²) in [5, 5.41) is 13.0. The standard InChI is InChI=1S/C110H80BN3Si2/c1-77-65-88(112-103-59-35-33-57-99(103)100-58-34-36-60-104(100)112)66-78(2)109(77)87-73-107-110-108(74-87)114(90-71-85(81-41-17-5-18-42-81)68-86(72-90)82-43-19-6-20-44-82)106-76-98(116(94-51-27-10-28-52-94,95-53-29-11-30-54-95)96-55-31-12-32-56-96)62-64-102(106)111(110)101-63-61-97(115(91-45-21-7-22-46-91,92-47-23-8-24-48-92)93-49-25-9-26-50-93)75-105(101)113(107)89-69-83(79-37-13-3-14-38-79)67-84(70-89)80-39-15-4-16-40-80/h3-76H,1-2H3. The van der Waals surface area contributed by atoms with Gasteiger partial charge in [0.1, 0.15) is 0 Å². The number of fused-ring (bicyclic) bond motifs is 7. The number of anilines is 6. The molecule has 18 aromatic carbocycles. The molecule has 2 aliphatic heterocycles. The van der Waals surface area contributed by atoms with E-state index in [9.17, 15) is 0 Å². The van der Waals surface area contributed by atoms with Crippen LogP contribution in [0.15, 0.2) is 449 Å². The Morgan fingerprint density at radius 1 is 0.207 bits per heavy atom. The number of aromatic nitrogens is 1. The van der Waals surface area contributed by atoms with Gasteiger partial charge in [-0.15, -0.1) is 0 Å². The lowest BCUT2D eigenvalue weighted by Crippen LogP contribution is -2.75.